The Kier molecular flexibility index (Phi) is 5.93. The molecule has 1 aliphatic carbocycles. The van der Waals surface area contributed by atoms with Crippen molar-refractivity contribution in [1.82, 2.24) is 14.8 Å². The van der Waals surface area contributed by atoms with Gasteiger partial charge in [0, 0.05) is 39.1 Å². The normalized spacial score (nSPS) is 19.5. The van der Waals surface area contributed by atoms with E-state index >= 15 is 0 Å². The van der Waals surface area contributed by atoms with Crippen molar-refractivity contribution in [2.75, 3.05) is 26.2 Å². The maximum absolute atomic E-state index is 12.6. The van der Waals surface area contributed by atoms with E-state index in [-0.39, 0.29) is 0 Å². The van der Waals surface area contributed by atoms with Crippen molar-refractivity contribution in [2.24, 2.45) is 5.92 Å². The van der Waals surface area contributed by atoms with Gasteiger partial charge in [0.05, 0.1) is 10.6 Å². The second kappa shape index (κ2) is 8.57. The third-order valence-corrected chi connectivity index (χ3v) is 6.77. The molecule has 2 aliphatic rings. The van der Waals surface area contributed by atoms with Crippen LogP contribution in [0.1, 0.15) is 50.0 Å². The van der Waals surface area contributed by atoms with Crippen LogP contribution in [0.3, 0.4) is 0 Å². The predicted molar refractivity (Wildman–Crippen MR) is 108 cm³/mol. The highest BCUT2D eigenvalue weighted by Crippen LogP contribution is 2.28. The highest BCUT2D eigenvalue weighted by Gasteiger charge is 2.25. The highest BCUT2D eigenvalue weighted by atomic mass is 32.1. The van der Waals surface area contributed by atoms with Crippen LogP contribution in [0.15, 0.2) is 21.9 Å². The third kappa shape index (κ3) is 4.61. The SMILES string of the molecule is Cc1oc(-c2cccs2)nc1CN1CCN(C(=O)CC2CCCCC2)CC1. The monoisotopic (exact) mass is 387 g/mol. The van der Waals surface area contributed by atoms with Gasteiger partial charge in [-0.15, -0.1) is 11.3 Å². The molecule has 5 nitrogen and oxygen atoms in total. The molecule has 0 aromatic carbocycles. The van der Waals surface area contributed by atoms with Gasteiger partial charge >= 0.3 is 0 Å². The minimum absolute atomic E-state index is 0.360. The quantitative estimate of drug-likeness (QED) is 0.766. The van der Waals surface area contributed by atoms with E-state index in [0.717, 1.165) is 61.4 Å². The Bertz CT molecular complexity index is 742. The van der Waals surface area contributed by atoms with Gasteiger partial charge in [0.1, 0.15) is 5.76 Å². The van der Waals surface area contributed by atoms with Gasteiger partial charge in [0.2, 0.25) is 11.8 Å². The van der Waals surface area contributed by atoms with Crippen LogP contribution in [-0.2, 0) is 11.3 Å². The Morgan fingerprint density at radius 2 is 2.00 bits per heavy atom. The Morgan fingerprint density at radius 3 is 2.70 bits per heavy atom. The van der Waals surface area contributed by atoms with E-state index < -0.39 is 0 Å². The van der Waals surface area contributed by atoms with Crippen LogP contribution in [0.2, 0.25) is 0 Å². The van der Waals surface area contributed by atoms with Crippen molar-refractivity contribution < 1.29 is 9.21 Å². The zero-order valence-corrected chi connectivity index (χ0v) is 17.0. The minimum atomic E-state index is 0.360. The van der Waals surface area contributed by atoms with E-state index in [1.165, 1.54) is 32.1 Å². The first-order valence-electron chi connectivity index (χ1n) is 10.2. The van der Waals surface area contributed by atoms with Crippen molar-refractivity contribution in [3.05, 3.63) is 29.0 Å². The third-order valence-electron chi connectivity index (χ3n) is 5.91. The van der Waals surface area contributed by atoms with Crippen LogP contribution in [0.5, 0.6) is 0 Å². The van der Waals surface area contributed by atoms with E-state index in [0.29, 0.717) is 11.8 Å². The van der Waals surface area contributed by atoms with Crippen molar-refractivity contribution in [2.45, 2.75) is 52.0 Å². The van der Waals surface area contributed by atoms with Crippen molar-refractivity contribution in [3.8, 4) is 10.8 Å². The fourth-order valence-corrected chi connectivity index (χ4v) is 4.86. The summed E-state index contributed by atoms with van der Waals surface area (Å²) in [5.41, 5.74) is 1.01. The van der Waals surface area contributed by atoms with Gasteiger partial charge in [-0.25, -0.2) is 4.98 Å². The first-order chi connectivity index (χ1) is 13.2. The molecule has 6 heteroatoms. The van der Waals surface area contributed by atoms with Crippen LogP contribution in [0.4, 0.5) is 0 Å². The van der Waals surface area contributed by atoms with E-state index in [1.807, 2.05) is 24.4 Å². The van der Waals surface area contributed by atoms with Gasteiger partial charge in [-0.1, -0.05) is 25.3 Å². The average Bonchev–Trinajstić information content (AvgIpc) is 3.34. The molecule has 3 heterocycles. The van der Waals surface area contributed by atoms with Crippen LogP contribution < -0.4 is 0 Å². The number of piperazine rings is 1. The van der Waals surface area contributed by atoms with E-state index in [2.05, 4.69) is 9.80 Å². The molecule has 2 fully saturated rings. The number of oxazole rings is 1. The van der Waals surface area contributed by atoms with Crippen molar-refractivity contribution in [3.63, 3.8) is 0 Å². The molecule has 4 rings (SSSR count). The van der Waals surface area contributed by atoms with Crippen molar-refractivity contribution >= 4 is 17.2 Å². The number of hydrogen-bond acceptors (Lipinski definition) is 5. The summed E-state index contributed by atoms with van der Waals surface area (Å²) < 4.78 is 5.85. The summed E-state index contributed by atoms with van der Waals surface area (Å²) in [4.78, 5) is 22.8. The zero-order chi connectivity index (χ0) is 18.6. The first kappa shape index (κ1) is 18.7. The van der Waals surface area contributed by atoms with Gasteiger partial charge in [-0.3, -0.25) is 9.69 Å². The summed E-state index contributed by atoms with van der Waals surface area (Å²) in [6, 6.07) is 4.05. The summed E-state index contributed by atoms with van der Waals surface area (Å²) >= 11 is 1.65. The highest BCUT2D eigenvalue weighted by molar-refractivity contribution is 7.13. The predicted octanol–water partition coefficient (Wildman–Crippen LogP) is 4.33. The molecule has 0 radical (unpaired) electrons. The largest absolute Gasteiger partial charge is 0.440 e. The van der Waals surface area contributed by atoms with Crippen LogP contribution in [-0.4, -0.2) is 46.9 Å². The maximum Gasteiger partial charge on any atom is 0.236 e. The molecule has 27 heavy (non-hydrogen) atoms. The minimum Gasteiger partial charge on any atom is -0.440 e. The summed E-state index contributed by atoms with van der Waals surface area (Å²) in [5.74, 6) is 2.60. The Morgan fingerprint density at radius 1 is 1.22 bits per heavy atom. The molecule has 2 aromatic heterocycles. The summed E-state index contributed by atoms with van der Waals surface area (Å²) in [7, 11) is 0. The number of rotatable bonds is 5. The van der Waals surface area contributed by atoms with Gasteiger partial charge in [-0.05, 0) is 37.1 Å². The number of hydrogen-bond donors (Lipinski definition) is 0. The van der Waals surface area contributed by atoms with E-state index in [9.17, 15) is 4.79 Å². The van der Waals surface area contributed by atoms with Crippen LogP contribution >= 0.6 is 11.3 Å². The van der Waals surface area contributed by atoms with Crippen molar-refractivity contribution in [1.29, 1.82) is 0 Å². The Hall–Kier alpha value is -1.66. The molecule has 1 saturated carbocycles. The number of carbonyl (C=O) groups excluding carboxylic acids is 1. The fourth-order valence-electron chi connectivity index (χ4n) is 4.21. The van der Waals surface area contributed by atoms with E-state index in [1.54, 1.807) is 11.3 Å². The van der Waals surface area contributed by atoms with Gasteiger partial charge in [0.25, 0.3) is 0 Å². The van der Waals surface area contributed by atoms with E-state index in [4.69, 9.17) is 9.40 Å². The Labute approximate surface area is 165 Å². The average molecular weight is 388 g/mol. The number of carbonyl (C=O) groups is 1. The smallest absolute Gasteiger partial charge is 0.236 e. The first-order valence-corrected chi connectivity index (χ1v) is 11.1. The molecule has 0 unspecified atom stereocenters. The number of nitrogens with zero attached hydrogens (tertiary/aromatic N) is 3. The second-order valence-electron chi connectivity index (χ2n) is 7.86. The Balaban J connectivity index is 1.27. The number of aryl methyl sites for hydroxylation is 1. The molecule has 0 bridgehead atoms. The molecule has 146 valence electrons. The van der Waals surface area contributed by atoms with Crippen LogP contribution in [0, 0.1) is 12.8 Å². The molecular formula is C21H29N3O2S. The summed E-state index contributed by atoms with van der Waals surface area (Å²) in [6.45, 7) is 6.28. The molecule has 1 saturated heterocycles. The maximum atomic E-state index is 12.6. The fraction of sp³-hybridized carbons (Fsp3) is 0.619. The lowest BCUT2D eigenvalue weighted by Crippen LogP contribution is -2.48. The molecular weight excluding hydrogens is 358 g/mol. The number of amides is 1. The molecule has 0 N–H and O–H groups in total. The second-order valence-corrected chi connectivity index (χ2v) is 8.81. The zero-order valence-electron chi connectivity index (χ0n) is 16.2. The van der Waals surface area contributed by atoms with Crippen LogP contribution in [0.25, 0.3) is 10.8 Å². The molecule has 1 amide bonds. The standard InChI is InChI=1S/C21H29N3O2S/c1-16-18(22-21(26-16)19-8-5-13-27-19)15-23-9-11-24(12-10-23)20(25)14-17-6-3-2-4-7-17/h5,8,13,17H,2-4,6-7,9-12,14-15H2,1H3. The lowest BCUT2D eigenvalue weighted by molar-refractivity contribution is -0.134. The molecule has 1 aliphatic heterocycles. The molecule has 0 spiro atoms. The molecule has 2 aromatic rings. The van der Waals surface area contributed by atoms with Gasteiger partial charge in [0.15, 0.2) is 0 Å². The summed E-state index contributed by atoms with van der Waals surface area (Å²) in [5, 5.41) is 2.04. The van der Waals surface area contributed by atoms with Gasteiger partial charge < -0.3 is 9.32 Å². The topological polar surface area (TPSA) is 49.6 Å². The summed E-state index contributed by atoms with van der Waals surface area (Å²) in [6.07, 6.45) is 7.19. The lowest BCUT2D eigenvalue weighted by atomic mass is 9.86. The lowest BCUT2D eigenvalue weighted by Gasteiger charge is -2.35. The molecule has 0 atom stereocenters. The number of aromatic nitrogens is 1. The number of thiophene rings is 1. The van der Waals surface area contributed by atoms with Gasteiger partial charge in [-0.2, -0.15) is 0 Å².